The highest BCUT2D eigenvalue weighted by molar-refractivity contribution is 5.95. The Hall–Kier alpha value is -3.82. The number of benzene rings is 2. The second kappa shape index (κ2) is 10.0. The predicted octanol–water partition coefficient (Wildman–Crippen LogP) is 4.86. The summed E-state index contributed by atoms with van der Waals surface area (Å²) in [7, 11) is 0. The van der Waals surface area contributed by atoms with Gasteiger partial charge >= 0.3 is 0 Å². The fraction of sp³-hybridized carbons (Fsp3) is 0.462. The minimum absolute atomic E-state index is 0.0307. The molecule has 1 aliphatic rings. The second-order valence-corrected chi connectivity index (χ2v) is 10.9. The van der Waals surface area contributed by atoms with Gasteiger partial charge in [0.1, 0.15) is 0 Å². The lowest BCUT2D eigenvalue weighted by Gasteiger charge is -2.47. The van der Waals surface area contributed by atoms with Gasteiger partial charge in [-0.05, 0) is 68.2 Å². The molecule has 2 N–H and O–H groups in total. The van der Waals surface area contributed by atoms with Crippen molar-refractivity contribution in [2.24, 2.45) is 10.8 Å². The molecule has 0 spiro atoms. The van der Waals surface area contributed by atoms with Crippen LogP contribution in [0.15, 0.2) is 36.4 Å². The molecular weight excluding hydrogens is 464 g/mol. The molecule has 2 atom stereocenters. The molecule has 0 saturated heterocycles. The smallest absolute Gasteiger partial charge is 0.272 e. The van der Waals surface area contributed by atoms with Gasteiger partial charge in [-0.3, -0.25) is 29.8 Å². The van der Waals surface area contributed by atoms with Crippen molar-refractivity contribution in [2.45, 2.75) is 59.9 Å². The lowest BCUT2D eigenvalue weighted by Crippen LogP contribution is -2.50. The quantitative estimate of drug-likeness (QED) is 0.413. The Labute approximate surface area is 209 Å². The molecule has 0 radical (unpaired) electrons. The number of amides is 2. The van der Waals surface area contributed by atoms with E-state index in [1.807, 2.05) is 0 Å². The molecule has 0 bridgehead atoms. The Balaban J connectivity index is 1.69. The zero-order chi connectivity index (χ0) is 26.8. The number of nitro benzene ring substituents is 2. The number of carbonyl (C=O) groups is 2. The lowest BCUT2D eigenvalue weighted by molar-refractivity contribution is -0.385. The van der Waals surface area contributed by atoms with Gasteiger partial charge in [0.25, 0.3) is 23.2 Å². The van der Waals surface area contributed by atoms with Crippen LogP contribution in [0.5, 0.6) is 0 Å². The summed E-state index contributed by atoms with van der Waals surface area (Å²) in [4.78, 5) is 46.9. The van der Waals surface area contributed by atoms with Gasteiger partial charge in [-0.25, -0.2) is 0 Å². The number of nitro groups is 2. The van der Waals surface area contributed by atoms with E-state index in [1.54, 1.807) is 13.8 Å². The van der Waals surface area contributed by atoms with Crippen molar-refractivity contribution in [3.63, 3.8) is 0 Å². The van der Waals surface area contributed by atoms with Crippen LogP contribution in [0.25, 0.3) is 0 Å². The third-order valence-electron chi connectivity index (χ3n) is 6.77. The van der Waals surface area contributed by atoms with Gasteiger partial charge in [0.15, 0.2) is 0 Å². The van der Waals surface area contributed by atoms with E-state index >= 15 is 0 Å². The van der Waals surface area contributed by atoms with E-state index in [2.05, 4.69) is 31.4 Å². The Morgan fingerprint density at radius 1 is 0.889 bits per heavy atom. The SMILES string of the molecule is Cc1cc(C(=O)NC[C@@]2(C)C[C@@H](NC(=O)c3ccc([N+](=O)[O-])c(C)c3)CC(C)(C)C2)ccc1[N+](=O)[O-]. The molecule has 1 saturated carbocycles. The minimum atomic E-state index is -0.478. The Kier molecular flexibility index (Phi) is 7.47. The molecule has 0 heterocycles. The first kappa shape index (κ1) is 26.8. The zero-order valence-corrected chi connectivity index (χ0v) is 21.2. The van der Waals surface area contributed by atoms with Gasteiger partial charge in [0.05, 0.1) is 9.85 Å². The molecule has 10 heteroatoms. The zero-order valence-electron chi connectivity index (χ0n) is 21.2. The lowest BCUT2D eigenvalue weighted by atomic mass is 9.62. The molecule has 0 unspecified atom stereocenters. The van der Waals surface area contributed by atoms with Crippen LogP contribution in [0.4, 0.5) is 11.4 Å². The van der Waals surface area contributed by atoms with Crippen molar-refractivity contribution in [3.8, 4) is 0 Å². The molecule has 1 fully saturated rings. The van der Waals surface area contributed by atoms with Crippen LogP contribution >= 0.6 is 0 Å². The molecule has 1 aliphatic carbocycles. The van der Waals surface area contributed by atoms with Crippen molar-refractivity contribution in [2.75, 3.05) is 6.54 Å². The van der Waals surface area contributed by atoms with Crippen molar-refractivity contribution in [1.82, 2.24) is 10.6 Å². The van der Waals surface area contributed by atoms with E-state index in [9.17, 15) is 29.8 Å². The number of carbonyl (C=O) groups excluding carboxylic acids is 2. The first-order valence-electron chi connectivity index (χ1n) is 11.8. The van der Waals surface area contributed by atoms with Gasteiger partial charge < -0.3 is 10.6 Å². The first-order valence-corrected chi connectivity index (χ1v) is 11.8. The van der Waals surface area contributed by atoms with E-state index < -0.39 is 9.85 Å². The average Bonchev–Trinajstić information content (AvgIpc) is 2.75. The number of nitrogens with zero attached hydrogens (tertiary/aromatic N) is 2. The van der Waals surface area contributed by atoms with Gasteiger partial charge in [0, 0.05) is 47.0 Å². The van der Waals surface area contributed by atoms with Crippen LogP contribution < -0.4 is 10.6 Å². The molecule has 2 aromatic rings. The van der Waals surface area contributed by atoms with Crippen LogP contribution in [-0.2, 0) is 0 Å². The van der Waals surface area contributed by atoms with E-state index in [1.165, 1.54) is 36.4 Å². The topological polar surface area (TPSA) is 144 Å². The van der Waals surface area contributed by atoms with Crippen molar-refractivity contribution >= 4 is 23.2 Å². The van der Waals surface area contributed by atoms with E-state index in [0.717, 1.165) is 12.8 Å². The molecule has 2 amide bonds. The molecule has 10 nitrogen and oxygen atoms in total. The normalized spacial score (nSPS) is 20.9. The van der Waals surface area contributed by atoms with Gasteiger partial charge in [0.2, 0.25) is 0 Å². The van der Waals surface area contributed by atoms with Gasteiger partial charge in [-0.15, -0.1) is 0 Å². The number of hydrogen-bond acceptors (Lipinski definition) is 6. The standard InChI is InChI=1S/C26H32N4O6/c1-16-10-18(6-8-21(16)29(33)34)23(31)27-15-26(5)13-20(12-25(3,4)14-26)28-24(32)19-7-9-22(30(35)36)17(2)11-19/h6-11,20H,12-15H2,1-5H3,(H,27,31)(H,28,32)/t20-,26-/m0/s1. The number of nitrogens with one attached hydrogen (secondary N) is 2. The van der Waals surface area contributed by atoms with Crippen LogP contribution in [-0.4, -0.2) is 34.2 Å². The molecule has 36 heavy (non-hydrogen) atoms. The van der Waals surface area contributed by atoms with Crippen LogP contribution in [0.2, 0.25) is 0 Å². The Bertz CT molecular complexity index is 1220. The monoisotopic (exact) mass is 496 g/mol. The fourth-order valence-electron chi connectivity index (χ4n) is 5.54. The summed E-state index contributed by atoms with van der Waals surface area (Å²) in [5, 5.41) is 28.2. The summed E-state index contributed by atoms with van der Waals surface area (Å²) in [5.41, 5.74) is 1.11. The molecule has 3 rings (SSSR count). The molecule has 0 aromatic heterocycles. The third kappa shape index (κ3) is 6.24. The summed E-state index contributed by atoms with van der Waals surface area (Å²) in [6.45, 7) is 9.91. The maximum absolute atomic E-state index is 12.9. The number of aryl methyl sites for hydroxylation is 2. The summed E-state index contributed by atoms with van der Waals surface area (Å²) in [6.07, 6.45) is 2.24. The average molecular weight is 497 g/mol. The maximum atomic E-state index is 12.9. The van der Waals surface area contributed by atoms with E-state index in [0.29, 0.717) is 35.2 Å². The molecule has 192 valence electrons. The maximum Gasteiger partial charge on any atom is 0.272 e. The highest BCUT2D eigenvalue weighted by Crippen LogP contribution is 2.46. The summed E-state index contributed by atoms with van der Waals surface area (Å²) in [6, 6.07) is 8.47. The first-order chi connectivity index (χ1) is 16.7. The second-order valence-electron chi connectivity index (χ2n) is 10.9. The van der Waals surface area contributed by atoms with Gasteiger partial charge in [-0.1, -0.05) is 20.8 Å². The van der Waals surface area contributed by atoms with Crippen LogP contribution in [0.3, 0.4) is 0 Å². The summed E-state index contributed by atoms with van der Waals surface area (Å²) < 4.78 is 0. The minimum Gasteiger partial charge on any atom is -0.351 e. The molecule has 0 aliphatic heterocycles. The summed E-state index contributed by atoms with van der Waals surface area (Å²) in [5.74, 6) is -0.594. The van der Waals surface area contributed by atoms with Crippen LogP contribution in [0, 0.1) is 44.9 Å². The van der Waals surface area contributed by atoms with Crippen molar-refractivity contribution in [3.05, 3.63) is 78.9 Å². The highest BCUT2D eigenvalue weighted by Gasteiger charge is 2.42. The van der Waals surface area contributed by atoms with Crippen molar-refractivity contribution in [1.29, 1.82) is 0 Å². The van der Waals surface area contributed by atoms with E-state index in [4.69, 9.17) is 0 Å². The third-order valence-corrected chi connectivity index (χ3v) is 6.77. The number of rotatable bonds is 7. The number of hydrogen-bond donors (Lipinski definition) is 2. The van der Waals surface area contributed by atoms with Gasteiger partial charge in [-0.2, -0.15) is 0 Å². The van der Waals surface area contributed by atoms with Crippen LogP contribution in [0.1, 0.15) is 71.9 Å². The summed E-state index contributed by atoms with van der Waals surface area (Å²) >= 11 is 0. The fourth-order valence-corrected chi connectivity index (χ4v) is 5.54. The molecular formula is C26H32N4O6. The van der Waals surface area contributed by atoms with E-state index in [-0.39, 0.29) is 40.1 Å². The highest BCUT2D eigenvalue weighted by atomic mass is 16.6. The Morgan fingerprint density at radius 2 is 1.39 bits per heavy atom. The Morgan fingerprint density at radius 3 is 1.86 bits per heavy atom. The molecule has 2 aromatic carbocycles. The van der Waals surface area contributed by atoms with Crippen molar-refractivity contribution < 1.29 is 19.4 Å². The largest absolute Gasteiger partial charge is 0.351 e. The predicted molar refractivity (Wildman–Crippen MR) is 135 cm³/mol.